The van der Waals surface area contributed by atoms with Gasteiger partial charge < -0.3 is 9.47 Å². The first kappa shape index (κ1) is 28.9. The molecular formula is C34H52O5. The summed E-state index contributed by atoms with van der Waals surface area (Å²) in [6.45, 7) is 20.0. The lowest BCUT2D eigenvalue weighted by Crippen LogP contribution is -2.66. The lowest BCUT2D eigenvalue weighted by Gasteiger charge is -2.70. The second-order valence-electron chi connectivity index (χ2n) is 15.9. The van der Waals surface area contributed by atoms with Crippen LogP contribution in [0.1, 0.15) is 120 Å². The molecule has 5 heteroatoms. The zero-order valence-electron chi connectivity index (χ0n) is 26.0. The van der Waals surface area contributed by atoms with Gasteiger partial charge in [-0.15, -0.1) is 0 Å². The van der Waals surface area contributed by atoms with Gasteiger partial charge in [0.1, 0.15) is 6.10 Å². The summed E-state index contributed by atoms with van der Waals surface area (Å²) in [5, 5.41) is 0. The summed E-state index contributed by atoms with van der Waals surface area (Å²) in [7, 11) is 0. The van der Waals surface area contributed by atoms with Crippen LogP contribution in [0.4, 0.5) is 0 Å². The number of fused-ring (bicyclic) bond motifs is 7. The van der Waals surface area contributed by atoms with Gasteiger partial charge in [0, 0.05) is 18.3 Å². The van der Waals surface area contributed by atoms with Gasteiger partial charge in [0.2, 0.25) is 0 Å². The highest BCUT2D eigenvalue weighted by Crippen LogP contribution is 2.75. The normalized spacial score (nSPS) is 48.4. The molecule has 5 rings (SSSR count). The number of ketones is 1. The highest BCUT2D eigenvalue weighted by Gasteiger charge is 2.70. The highest BCUT2D eigenvalue weighted by atomic mass is 16.5. The van der Waals surface area contributed by atoms with Gasteiger partial charge in [-0.25, -0.2) is 0 Å². The Balaban J connectivity index is 1.56. The maximum atomic E-state index is 14.5. The molecule has 39 heavy (non-hydrogen) atoms. The van der Waals surface area contributed by atoms with Crippen LogP contribution in [0.3, 0.4) is 0 Å². The number of carbonyl (C=O) groups is 3. The van der Waals surface area contributed by atoms with Crippen LogP contribution in [-0.2, 0) is 23.9 Å². The minimum atomic E-state index is -0.497. The second kappa shape index (κ2) is 8.92. The molecule has 5 aliphatic carbocycles. The maximum absolute atomic E-state index is 14.5. The molecule has 0 bridgehead atoms. The van der Waals surface area contributed by atoms with E-state index in [0.29, 0.717) is 18.3 Å². The smallest absolute Gasteiger partial charge is 0.311 e. The molecule has 218 valence electrons. The quantitative estimate of drug-likeness (QED) is 0.348. The molecule has 4 saturated carbocycles. The monoisotopic (exact) mass is 540 g/mol. The Morgan fingerprint density at radius 1 is 0.923 bits per heavy atom. The fourth-order valence-electron chi connectivity index (χ4n) is 11.1. The average Bonchev–Trinajstić information content (AvgIpc) is 2.83. The number of ether oxygens (including phenoxy) is 2. The first-order chi connectivity index (χ1) is 18.0. The molecule has 0 aliphatic heterocycles. The van der Waals surface area contributed by atoms with Crippen LogP contribution in [0.25, 0.3) is 0 Å². The van der Waals surface area contributed by atoms with Crippen LogP contribution in [0.15, 0.2) is 11.6 Å². The Bertz CT molecular complexity index is 1100. The fourth-order valence-corrected chi connectivity index (χ4v) is 11.1. The summed E-state index contributed by atoms with van der Waals surface area (Å²) in [6, 6.07) is 0. The van der Waals surface area contributed by atoms with Crippen LogP contribution in [0.5, 0.6) is 0 Å². The molecule has 4 fully saturated rings. The Morgan fingerprint density at radius 3 is 2.23 bits per heavy atom. The van der Waals surface area contributed by atoms with Gasteiger partial charge in [0.05, 0.1) is 12.0 Å². The highest BCUT2D eigenvalue weighted by molar-refractivity contribution is 5.95. The van der Waals surface area contributed by atoms with Crippen molar-refractivity contribution in [1.82, 2.24) is 0 Å². The van der Waals surface area contributed by atoms with Gasteiger partial charge in [-0.1, -0.05) is 47.1 Å². The lowest BCUT2D eigenvalue weighted by molar-refractivity contribution is -0.210. The van der Waals surface area contributed by atoms with Crippen molar-refractivity contribution < 1.29 is 23.9 Å². The summed E-state index contributed by atoms with van der Waals surface area (Å²) in [5.74, 6) is 0.512. The SMILES string of the molecule is CCOC(=O)[C@@]1(C)CC[C@]2(C)CC[C@]3(C)C(=CC(=O)[C@@H]4[C@@]5(C)CC[C@H](OC(C)=O)C(C)(C)[C@@H]5CC[C@]43C)[C@@H]2C1. The van der Waals surface area contributed by atoms with Gasteiger partial charge in [-0.05, 0) is 111 Å². The fraction of sp³-hybridized carbons (Fsp3) is 0.853. The van der Waals surface area contributed by atoms with Crippen LogP contribution in [0, 0.1) is 50.2 Å². The summed E-state index contributed by atoms with van der Waals surface area (Å²) < 4.78 is 11.4. The third-order valence-corrected chi connectivity index (χ3v) is 13.6. The van der Waals surface area contributed by atoms with E-state index in [1.807, 2.05) is 6.92 Å². The van der Waals surface area contributed by atoms with E-state index in [2.05, 4.69) is 54.5 Å². The van der Waals surface area contributed by atoms with Crippen molar-refractivity contribution in [3.63, 3.8) is 0 Å². The Hall–Kier alpha value is -1.65. The van der Waals surface area contributed by atoms with Crippen LogP contribution < -0.4 is 0 Å². The van der Waals surface area contributed by atoms with Crippen LogP contribution in [0.2, 0.25) is 0 Å². The molecule has 0 unspecified atom stereocenters. The van der Waals surface area contributed by atoms with E-state index < -0.39 is 5.41 Å². The molecular weight excluding hydrogens is 488 g/mol. The standard InChI is InChI=1S/C34H52O5/c1-10-38-28(37)31(6)16-15-30(5)17-18-33(8)22(23(30)20-31)19-24(36)27-32(7)13-12-26(39-21(2)35)29(3,4)25(32)11-14-34(27,33)9/h19,23,25-27H,10-18,20H2,1-9H3/t23-,25-,26-,27+,30+,31-,32-,33+,34+/m0/s1. The van der Waals surface area contributed by atoms with E-state index >= 15 is 0 Å². The number of carbonyl (C=O) groups excluding carboxylic acids is 3. The van der Waals surface area contributed by atoms with Gasteiger partial charge >= 0.3 is 11.9 Å². The van der Waals surface area contributed by atoms with Crippen molar-refractivity contribution in [1.29, 1.82) is 0 Å². The average molecular weight is 541 g/mol. The predicted molar refractivity (Wildman–Crippen MR) is 152 cm³/mol. The molecule has 9 atom stereocenters. The first-order valence-corrected chi connectivity index (χ1v) is 15.6. The number of rotatable bonds is 3. The van der Waals surface area contributed by atoms with Gasteiger partial charge in [0.25, 0.3) is 0 Å². The number of hydrogen-bond acceptors (Lipinski definition) is 5. The molecule has 0 saturated heterocycles. The minimum absolute atomic E-state index is 0.0422. The van der Waals surface area contributed by atoms with Crippen molar-refractivity contribution in [3.05, 3.63) is 11.6 Å². The van der Waals surface area contributed by atoms with E-state index in [1.54, 1.807) is 0 Å². The minimum Gasteiger partial charge on any atom is -0.466 e. The molecule has 0 N–H and O–H groups in total. The molecule has 0 aromatic heterocycles. The summed E-state index contributed by atoms with van der Waals surface area (Å²) in [6.07, 6.45) is 10.6. The summed E-state index contributed by atoms with van der Waals surface area (Å²) in [4.78, 5) is 39.5. The molecule has 5 aliphatic rings. The summed E-state index contributed by atoms with van der Waals surface area (Å²) >= 11 is 0. The first-order valence-electron chi connectivity index (χ1n) is 15.6. The third-order valence-electron chi connectivity index (χ3n) is 13.6. The molecule has 0 heterocycles. The van der Waals surface area contributed by atoms with E-state index in [9.17, 15) is 14.4 Å². The van der Waals surface area contributed by atoms with Crippen LogP contribution in [-0.4, -0.2) is 30.4 Å². The van der Waals surface area contributed by atoms with Crippen molar-refractivity contribution in [2.45, 2.75) is 126 Å². The van der Waals surface area contributed by atoms with Crippen molar-refractivity contribution >= 4 is 17.7 Å². The van der Waals surface area contributed by atoms with Gasteiger partial charge in [-0.3, -0.25) is 14.4 Å². The zero-order valence-corrected chi connectivity index (χ0v) is 26.0. The Labute approximate surface area is 236 Å². The zero-order chi connectivity index (χ0) is 28.8. The van der Waals surface area contributed by atoms with Crippen molar-refractivity contribution in [2.24, 2.45) is 50.2 Å². The molecule has 0 spiro atoms. The molecule has 0 aromatic carbocycles. The van der Waals surface area contributed by atoms with Crippen molar-refractivity contribution in [2.75, 3.05) is 6.61 Å². The molecule has 0 amide bonds. The topological polar surface area (TPSA) is 69.7 Å². The summed E-state index contributed by atoms with van der Waals surface area (Å²) in [5.41, 5.74) is 0.416. The van der Waals surface area contributed by atoms with Gasteiger partial charge in [0.15, 0.2) is 5.78 Å². The van der Waals surface area contributed by atoms with E-state index in [0.717, 1.165) is 57.8 Å². The Kier molecular flexibility index (Phi) is 6.60. The molecule has 0 radical (unpaired) electrons. The molecule has 5 nitrogen and oxygen atoms in total. The van der Waals surface area contributed by atoms with E-state index in [-0.39, 0.29) is 57.0 Å². The maximum Gasteiger partial charge on any atom is 0.311 e. The number of allylic oxidation sites excluding steroid dienone is 2. The molecule has 0 aromatic rings. The number of esters is 2. The second-order valence-corrected chi connectivity index (χ2v) is 15.9. The third kappa shape index (κ3) is 3.86. The Morgan fingerprint density at radius 2 is 1.59 bits per heavy atom. The van der Waals surface area contributed by atoms with E-state index in [4.69, 9.17) is 9.47 Å². The van der Waals surface area contributed by atoms with Crippen molar-refractivity contribution in [3.8, 4) is 0 Å². The van der Waals surface area contributed by atoms with E-state index in [1.165, 1.54) is 12.5 Å². The lowest BCUT2D eigenvalue weighted by atomic mass is 9.33. The largest absolute Gasteiger partial charge is 0.466 e. The predicted octanol–water partition coefficient (Wildman–Crippen LogP) is 7.46. The van der Waals surface area contributed by atoms with Crippen LogP contribution >= 0.6 is 0 Å². The number of hydrogen-bond donors (Lipinski definition) is 0. The van der Waals surface area contributed by atoms with Gasteiger partial charge in [-0.2, -0.15) is 0 Å².